The van der Waals surface area contributed by atoms with Gasteiger partial charge < -0.3 is 9.47 Å². The van der Waals surface area contributed by atoms with Crippen LogP contribution >= 0.6 is 0 Å². The Hall–Kier alpha value is -7.94. The molecule has 1 heterocycles. The fourth-order valence-electron chi connectivity index (χ4n) is 9.07. The third-order valence-corrected chi connectivity index (χ3v) is 11.8. The lowest BCUT2D eigenvalue weighted by Gasteiger charge is -2.28. The normalized spacial score (nSPS) is 11.3. The molecule has 0 aliphatic heterocycles. The van der Waals surface area contributed by atoms with Gasteiger partial charge in [0.25, 0.3) is 0 Å². The molecule has 0 radical (unpaired) electrons. The van der Waals surface area contributed by atoms with Crippen LogP contribution in [0.3, 0.4) is 0 Å². The van der Waals surface area contributed by atoms with Gasteiger partial charge in [0.05, 0.1) is 16.7 Å². The van der Waals surface area contributed by atoms with E-state index in [0.29, 0.717) is 0 Å². The number of hydrogen-bond donors (Lipinski definition) is 0. The van der Waals surface area contributed by atoms with Crippen LogP contribution in [0.4, 0.5) is 17.1 Å². The molecular weight excluding hydrogens is 725 g/mol. The molecule has 11 rings (SSSR count). The summed E-state index contributed by atoms with van der Waals surface area (Å²) < 4.78 is 2.39. The summed E-state index contributed by atoms with van der Waals surface area (Å²) in [5, 5.41) is 4.96. The topological polar surface area (TPSA) is 8.17 Å². The van der Waals surface area contributed by atoms with Gasteiger partial charge in [-0.3, -0.25) is 0 Å². The van der Waals surface area contributed by atoms with Gasteiger partial charge in [-0.25, -0.2) is 0 Å². The van der Waals surface area contributed by atoms with Crippen LogP contribution in [-0.4, -0.2) is 4.57 Å². The second-order valence-corrected chi connectivity index (χ2v) is 15.3. The first kappa shape index (κ1) is 35.2. The summed E-state index contributed by atoms with van der Waals surface area (Å²) in [7, 11) is 0. The summed E-state index contributed by atoms with van der Waals surface area (Å²) in [4.78, 5) is 2.42. The fourth-order valence-corrected chi connectivity index (χ4v) is 9.07. The van der Waals surface area contributed by atoms with Gasteiger partial charge in [0.1, 0.15) is 0 Å². The van der Waals surface area contributed by atoms with E-state index in [9.17, 15) is 0 Å². The number of hydrogen-bond acceptors (Lipinski definition) is 1. The summed E-state index contributed by atoms with van der Waals surface area (Å²) >= 11 is 0. The fraction of sp³-hybridized carbons (Fsp3) is 0. The van der Waals surface area contributed by atoms with E-state index in [1.54, 1.807) is 0 Å². The van der Waals surface area contributed by atoms with Crippen LogP contribution in [0, 0.1) is 0 Å². The summed E-state index contributed by atoms with van der Waals surface area (Å²) in [5.74, 6) is 0. The van der Waals surface area contributed by atoms with Crippen LogP contribution in [0.5, 0.6) is 0 Å². The summed E-state index contributed by atoms with van der Waals surface area (Å²) in [6.07, 6.45) is 0. The minimum absolute atomic E-state index is 1.08. The largest absolute Gasteiger partial charge is 0.310 e. The molecule has 0 aliphatic rings. The molecule has 0 N–H and O–H groups in total. The van der Waals surface area contributed by atoms with Crippen molar-refractivity contribution in [3.8, 4) is 50.2 Å². The Morgan fingerprint density at radius 2 is 0.833 bits per heavy atom. The van der Waals surface area contributed by atoms with Gasteiger partial charge in [-0.2, -0.15) is 0 Å². The highest BCUT2D eigenvalue weighted by atomic mass is 15.1. The second-order valence-electron chi connectivity index (χ2n) is 15.3. The Morgan fingerprint density at radius 1 is 0.300 bits per heavy atom. The van der Waals surface area contributed by atoms with Crippen LogP contribution < -0.4 is 4.90 Å². The summed E-state index contributed by atoms with van der Waals surface area (Å²) in [5.41, 5.74) is 16.4. The highest BCUT2D eigenvalue weighted by Crippen LogP contribution is 2.46. The number of benzene rings is 10. The van der Waals surface area contributed by atoms with Gasteiger partial charge in [0, 0.05) is 33.4 Å². The van der Waals surface area contributed by atoms with Gasteiger partial charge in [-0.05, 0) is 104 Å². The Labute approximate surface area is 350 Å². The number of aromatic nitrogens is 1. The van der Waals surface area contributed by atoms with E-state index in [0.717, 1.165) is 28.3 Å². The van der Waals surface area contributed by atoms with Crippen molar-refractivity contribution in [3.63, 3.8) is 0 Å². The maximum absolute atomic E-state index is 2.42. The molecule has 10 aromatic carbocycles. The third kappa shape index (κ3) is 6.14. The zero-order chi connectivity index (χ0) is 39.8. The van der Waals surface area contributed by atoms with Crippen LogP contribution in [0.1, 0.15) is 0 Å². The maximum atomic E-state index is 2.42. The Balaban J connectivity index is 1.10. The van der Waals surface area contributed by atoms with E-state index in [1.807, 2.05) is 0 Å². The predicted octanol–water partition coefficient (Wildman–Crippen LogP) is 16.1. The lowest BCUT2D eigenvalue weighted by Crippen LogP contribution is -2.11. The number of fused-ring (bicyclic) bond motifs is 4. The molecule has 0 saturated heterocycles. The zero-order valence-electron chi connectivity index (χ0n) is 33.0. The van der Waals surface area contributed by atoms with E-state index >= 15 is 0 Å². The van der Waals surface area contributed by atoms with Crippen LogP contribution in [0.2, 0.25) is 0 Å². The molecule has 0 spiro atoms. The molecule has 282 valence electrons. The zero-order valence-corrected chi connectivity index (χ0v) is 33.0. The number of para-hydroxylation sites is 3. The van der Waals surface area contributed by atoms with Gasteiger partial charge in [0.2, 0.25) is 0 Å². The standard InChI is InChI=1S/C58H40N2/c1-4-17-41(18-5-1)42-31-36-47(37-32-42)59(48-38-33-44(34-39-48)50-40-35-43-19-10-11-24-49(43)57(50)45-20-6-2-7-21-45)54-28-14-12-25-51(54)52-27-16-30-56-58(52)53-26-13-15-29-55(53)60(56)46-22-8-3-9-23-46/h1-40H. The van der Waals surface area contributed by atoms with Gasteiger partial charge in [-0.1, -0.05) is 188 Å². The van der Waals surface area contributed by atoms with E-state index in [1.165, 1.54) is 71.5 Å². The lowest BCUT2D eigenvalue weighted by atomic mass is 9.89. The average molecular weight is 765 g/mol. The Kier molecular flexibility index (Phi) is 8.87. The molecule has 0 amide bonds. The smallest absolute Gasteiger partial charge is 0.0547 e. The lowest BCUT2D eigenvalue weighted by molar-refractivity contribution is 1.18. The summed E-state index contributed by atoms with van der Waals surface area (Å²) in [6, 6.07) is 87.8. The number of rotatable bonds is 8. The molecule has 0 bridgehead atoms. The molecule has 0 saturated carbocycles. The van der Waals surface area contributed by atoms with Crippen molar-refractivity contribution in [3.05, 3.63) is 243 Å². The highest BCUT2D eigenvalue weighted by Gasteiger charge is 2.22. The first-order valence-electron chi connectivity index (χ1n) is 20.6. The van der Waals surface area contributed by atoms with Gasteiger partial charge in [-0.15, -0.1) is 0 Å². The van der Waals surface area contributed by atoms with E-state index in [4.69, 9.17) is 0 Å². The van der Waals surface area contributed by atoms with Crippen molar-refractivity contribution < 1.29 is 0 Å². The van der Waals surface area contributed by atoms with Crippen molar-refractivity contribution in [2.45, 2.75) is 0 Å². The maximum Gasteiger partial charge on any atom is 0.0547 e. The molecule has 60 heavy (non-hydrogen) atoms. The minimum atomic E-state index is 1.08. The third-order valence-electron chi connectivity index (χ3n) is 11.8. The van der Waals surface area contributed by atoms with E-state index < -0.39 is 0 Å². The molecule has 1 aromatic heterocycles. The van der Waals surface area contributed by atoms with Crippen LogP contribution in [-0.2, 0) is 0 Å². The van der Waals surface area contributed by atoms with Crippen molar-refractivity contribution in [1.82, 2.24) is 4.57 Å². The van der Waals surface area contributed by atoms with Crippen LogP contribution in [0.25, 0.3) is 82.8 Å². The molecule has 2 heteroatoms. The first-order valence-corrected chi connectivity index (χ1v) is 20.6. The van der Waals surface area contributed by atoms with Crippen molar-refractivity contribution in [2.75, 3.05) is 4.90 Å². The predicted molar refractivity (Wildman–Crippen MR) is 255 cm³/mol. The Bertz CT molecular complexity index is 3270. The average Bonchev–Trinajstić information content (AvgIpc) is 3.67. The monoisotopic (exact) mass is 764 g/mol. The minimum Gasteiger partial charge on any atom is -0.310 e. The molecule has 2 nitrogen and oxygen atoms in total. The van der Waals surface area contributed by atoms with Crippen LogP contribution in [0.15, 0.2) is 243 Å². The number of anilines is 3. The van der Waals surface area contributed by atoms with Gasteiger partial charge in [0.15, 0.2) is 0 Å². The van der Waals surface area contributed by atoms with Crippen molar-refractivity contribution in [2.24, 2.45) is 0 Å². The molecular formula is C58H40N2. The SMILES string of the molecule is c1ccc(-c2ccc(N(c3ccc(-c4ccc5ccccc5c4-c4ccccc4)cc3)c3ccccc3-c3cccc4c3c3ccccc3n4-c3ccccc3)cc2)cc1. The van der Waals surface area contributed by atoms with E-state index in [2.05, 4.69) is 252 Å². The Morgan fingerprint density at radius 3 is 1.57 bits per heavy atom. The molecule has 11 aromatic rings. The van der Waals surface area contributed by atoms with Crippen molar-refractivity contribution >= 4 is 49.6 Å². The summed E-state index contributed by atoms with van der Waals surface area (Å²) in [6.45, 7) is 0. The molecule has 0 fully saturated rings. The van der Waals surface area contributed by atoms with Crippen molar-refractivity contribution in [1.29, 1.82) is 0 Å². The number of nitrogens with zero attached hydrogens (tertiary/aromatic N) is 2. The highest BCUT2D eigenvalue weighted by molar-refractivity contribution is 6.17. The second kappa shape index (κ2) is 15.1. The molecule has 0 unspecified atom stereocenters. The van der Waals surface area contributed by atoms with Gasteiger partial charge >= 0.3 is 0 Å². The van der Waals surface area contributed by atoms with E-state index in [-0.39, 0.29) is 0 Å². The molecule has 0 atom stereocenters. The molecule has 0 aliphatic carbocycles. The first-order chi connectivity index (χ1) is 29.8. The quantitative estimate of drug-likeness (QED) is 0.150.